The summed E-state index contributed by atoms with van der Waals surface area (Å²) in [6.45, 7) is 0. The Morgan fingerprint density at radius 1 is 1.38 bits per heavy atom. The third-order valence-electron chi connectivity index (χ3n) is 3.42. The van der Waals surface area contributed by atoms with Gasteiger partial charge in [-0.25, -0.2) is 4.39 Å². The Bertz CT molecular complexity index is 341. The van der Waals surface area contributed by atoms with Crippen LogP contribution in [0.4, 0.5) is 4.39 Å². The first-order chi connectivity index (χ1) is 7.68. The molecule has 1 aliphatic carbocycles. The Balaban J connectivity index is 2.07. The lowest BCUT2D eigenvalue weighted by atomic mass is 9.94. The quantitative estimate of drug-likeness (QED) is 0.859. The molecular formula is C13H16ClFO. The smallest absolute Gasteiger partial charge is 0.127 e. The van der Waals surface area contributed by atoms with Crippen molar-refractivity contribution in [2.24, 2.45) is 5.92 Å². The van der Waals surface area contributed by atoms with E-state index in [1.54, 1.807) is 12.1 Å². The zero-order chi connectivity index (χ0) is 11.5. The van der Waals surface area contributed by atoms with Gasteiger partial charge in [-0.05, 0) is 30.9 Å². The zero-order valence-corrected chi connectivity index (χ0v) is 9.88. The van der Waals surface area contributed by atoms with E-state index in [4.69, 9.17) is 11.6 Å². The van der Waals surface area contributed by atoms with Crippen LogP contribution in [0.5, 0.6) is 0 Å². The molecule has 0 aliphatic heterocycles. The van der Waals surface area contributed by atoms with Gasteiger partial charge in [0.05, 0.1) is 6.10 Å². The van der Waals surface area contributed by atoms with Crippen molar-refractivity contribution in [1.29, 1.82) is 0 Å². The molecule has 1 aromatic rings. The number of aliphatic hydroxyl groups is 1. The zero-order valence-electron chi connectivity index (χ0n) is 9.13. The van der Waals surface area contributed by atoms with E-state index in [9.17, 15) is 9.50 Å². The summed E-state index contributed by atoms with van der Waals surface area (Å²) >= 11 is 5.93. The van der Waals surface area contributed by atoms with Gasteiger partial charge < -0.3 is 5.11 Å². The normalized spacial score (nSPS) is 18.9. The van der Waals surface area contributed by atoms with E-state index < -0.39 is 6.10 Å². The van der Waals surface area contributed by atoms with Gasteiger partial charge in [0.25, 0.3) is 0 Å². The van der Waals surface area contributed by atoms with E-state index in [1.165, 1.54) is 18.9 Å². The molecule has 3 heteroatoms. The van der Waals surface area contributed by atoms with Crippen molar-refractivity contribution < 1.29 is 9.50 Å². The third-order valence-corrected chi connectivity index (χ3v) is 3.77. The fraction of sp³-hybridized carbons (Fsp3) is 0.538. The molecule has 1 unspecified atom stereocenters. The molecule has 16 heavy (non-hydrogen) atoms. The first-order valence-electron chi connectivity index (χ1n) is 5.79. The first-order valence-corrected chi connectivity index (χ1v) is 6.17. The molecule has 2 rings (SSSR count). The Kier molecular flexibility index (Phi) is 3.82. The lowest BCUT2D eigenvalue weighted by Crippen LogP contribution is -2.21. The molecule has 0 saturated heterocycles. The van der Waals surface area contributed by atoms with Crippen LogP contribution in [-0.2, 0) is 6.42 Å². The van der Waals surface area contributed by atoms with E-state index in [0.29, 0.717) is 22.9 Å². The molecular weight excluding hydrogens is 227 g/mol. The lowest BCUT2D eigenvalue weighted by molar-refractivity contribution is 0.110. The molecule has 0 spiro atoms. The van der Waals surface area contributed by atoms with Gasteiger partial charge in [0, 0.05) is 17.0 Å². The summed E-state index contributed by atoms with van der Waals surface area (Å²) in [6.07, 6.45) is 4.31. The Hall–Kier alpha value is -0.600. The molecule has 0 amide bonds. The average molecular weight is 243 g/mol. The minimum absolute atomic E-state index is 0.315. The van der Waals surface area contributed by atoms with Crippen LogP contribution in [-0.4, -0.2) is 11.2 Å². The Morgan fingerprint density at radius 2 is 2.06 bits per heavy atom. The molecule has 0 bridgehead atoms. The minimum atomic E-state index is -0.461. The highest BCUT2D eigenvalue weighted by Crippen LogP contribution is 2.30. The van der Waals surface area contributed by atoms with Crippen molar-refractivity contribution >= 4 is 11.6 Å². The molecule has 88 valence electrons. The van der Waals surface area contributed by atoms with Gasteiger partial charge in [-0.3, -0.25) is 0 Å². The SMILES string of the molecule is OC(Cc1c(F)cccc1Cl)C1CCCC1. The minimum Gasteiger partial charge on any atom is -0.392 e. The van der Waals surface area contributed by atoms with Crippen LogP contribution in [0.1, 0.15) is 31.2 Å². The molecule has 1 saturated carbocycles. The monoisotopic (exact) mass is 242 g/mol. The van der Waals surface area contributed by atoms with Crippen molar-refractivity contribution in [3.63, 3.8) is 0 Å². The number of benzene rings is 1. The fourth-order valence-corrected chi connectivity index (χ4v) is 2.69. The molecule has 1 nitrogen and oxygen atoms in total. The maximum atomic E-state index is 13.5. The van der Waals surface area contributed by atoms with Crippen molar-refractivity contribution in [3.8, 4) is 0 Å². The summed E-state index contributed by atoms with van der Waals surface area (Å²) in [6, 6.07) is 4.65. The largest absolute Gasteiger partial charge is 0.392 e. The topological polar surface area (TPSA) is 20.2 Å². The predicted octanol–water partition coefficient (Wildman–Crippen LogP) is 3.57. The molecule has 0 radical (unpaired) electrons. The van der Waals surface area contributed by atoms with Gasteiger partial charge in [0.1, 0.15) is 5.82 Å². The summed E-state index contributed by atoms with van der Waals surface area (Å²) in [5, 5.41) is 10.4. The number of aliphatic hydroxyl groups excluding tert-OH is 1. The van der Waals surface area contributed by atoms with Crippen molar-refractivity contribution in [2.45, 2.75) is 38.2 Å². The highest BCUT2D eigenvalue weighted by atomic mass is 35.5. The van der Waals surface area contributed by atoms with E-state index in [1.807, 2.05) is 0 Å². The number of hydrogen-bond donors (Lipinski definition) is 1. The van der Waals surface area contributed by atoms with E-state index >= 15 is 0 Å². The van der Waals surface area contributed by atoms with Crippen molar-refractivity contribution in [1.82, 2.24) is 0 Å². The number of hydrogen-bond acceptors (Lipinski definition) is 1. The second-order valence-electron chi connectivity index (χ2n) is 4.52. The van der Waals surface area contributed by atoms with Crippen LogP contribution < -0.4 is 0 Å². The highest BCUT2D eigenvalue weighted by Gasteiger charge is 2.24. The highest BCUT2D eigenvalue weighted by molar-refractivity contribution is 6.31. The van der Waals surface area contributed by atoms with E-state index in [2.05, 4.69) is 0 Å². The molecule has 1 aliphatic rings. The Morgan fingerprint density at radius 3 is 2.69 bits per heavy atom. The van der Waals surface area contributed by atoms with Crippen LogP contribution in [0.25, 0.3) is 0 Å². The summed E-state index contributed by atoms with van der Waals surface area (Å²) < 4.78 is 13.5. The first kappa shape index (κ1) is 11.9. The maximum absolute atomic E-state index is 13.5. The molecule has 1 aromatic carbocycles. The number of rotatable bonds is 3. The maximum Gasteiger partial charge on any atom is 0.127 e. The van der Waals surface area contributed by atoms with Crippen molar-refractivity contribution in [2.75, 3.05) is 0 Å². The van der Waals surface area contributed by atoms with E-state index in [-0.39, 0.29) is 5.82 Å². The van der Waals surface area contributed by atoms with Crippen LogP contribution in [0.15, 0.2) is 18.2 Å². The van der Waals surface area contributed by atoms with Crippen molar-refractivity contribution in [3.05, 3.63) is 34.6 Å². The van der Waals surface area contributed by atoms with E-state index in [0.717, 1.165) is 12.8 Å². The average Bonchev–Trinajstić information content (AvgIpc) is 2.76. The summed E-state index contributed by atoms with van der Waals surface area (Å²) in [5.41, 5.74) is 0.448. The lowest BCUT2D eigenvalue weighted by Gasteiger charge is -2.18. The standard InChI is InChI=1S/C13H16ClFO/c14-11-6-3-7-12(15)10(11)8-13(16)9-4-1-2-5-9/h3,6-7,9,13,16H,1-2,4-5,8H2. The summed E-state index contributed by atoms with van der Waals surface area (Å²) in [4.78, 5) is 0. The van der Waals surface area contributed by atoms with Gasteiger partial charge in [0.15, 0.2) is 0 Å². The van der Waals surface area contributed by atoms with Gasteiger partial charge in [-0.1, -0.05) is 30.5 Å². The third kappa shape index (κ3) is 2.55. The molecule has 1 N–H and O–H groups in total. The molecule has 0 aromatic heterocycles. The summed E-state index contributed by atoms with van der Waals surface area (Å²) in [7, 11) is 0. The van der Waals surface area contributed by atoms with Gasteiger partial charge in [-0.2, -0.15) is 0 Å². The number of halogens is 2. The fourth-order valence-electron chi connectivity index (χ4n) is 2.45. The van der Waals surface area contributed by atoms with Gasteiger partial charge in [0.2, 0.25) is 0 Å². The van der Waals surface area contributed by atoms with Crippen LogP contribution >= 0.6 is 11.6 Å². The van der Waals surface area contributed by atoms with Crippen LogP contribution in [0.3, 0.4) is 0 Å². The molecule has 1 fully saturated rings. The second kappa shape index (κ2) is 5.15. The van der Waals surface area contributed by atoms with Crippen LogP contribution in [0, 0.1) is 11.7 Å². The van der Waals surface area contributed by atoms with Gasteiger partial charge in [-0.15, -0.1) is 0 Å². The predicted molar refractivity (Wildman–Crippen MR) is 63.1 cm³/mol. The van der Waals surface area contributed by atoms with Gasteiger partial charge >= 0.3 is 0 Å². The summed E-state index contributed by atoms with van der Waals surface area (Å²) in [5.74, 6) is 0.000203. The Labute approximate surface area is 100 Å². The second-order valence-corrected chi connectivity index (χ2v) is 4.92. The van der Waals surface area contributed by atoms with Crippen LogP contribution in [0.2, 0.25) is 5.02 Å². The molecule has 0 heterocycles. The molecule has 1 atom stereocenters.